The van der Waals surface area contributed by atoms with Crippen molar-refractivity contribution in [3.63, 3.8) is 0 Å². The summed E-state index contributed by atoms with van der Waals surface area (Å²) in [6.07, 6.45) is 14.5. The van der Waals surface area contributed by atoms with Gasteiger partial charge in [0.25, 0.3) is 0 Å². The van der Waals surface area contributed by atoms with Crippen LogP contribution in [0.5, 0.6) is 0 Å². The Labute approximate surface area is 167 Å². The van der Waals surface area contributed by atoms with Crippen molar-refractivity contribution < 1.29 is 0 Å². The fraction of sp³-hybridized carbons (Fsp3) is 0.840. The minimum atomic E-state index is 0.249. The van der Waals surface area contributed by atoms with Gasteiger partial charge in [-0.15, -0.1) is 0 Å². The zero-order valence-corrected chi connectivity index (χ0v) is 18.6. The number of fused-ring (bicyclic) bond motifs is 4. The molecule has 0 unspecified atom stereocenters. The molecule has 0 aromatic heterocycles. The molecule has 0 bridgehead atoms. The fourth-order valence-electron chi connectivity index (χ4n) is 7.56. The van der Waals surface area contributed by atoms with Crippen molar-refractivity contribution in [2.75, 3.05) is 14.1 Å². The molecule has 0 amide bonds. The zero-order valence-electron chi connectivity index (χ0n) is 18.6. The van der Waals surface area contributed by atoms with Gasteiger partial charge < -0.3 is 10.6 Å². The third-order valence-electron chi connectivity index (χ3n) is 9.73. The Morgan fingerprint density at radius 3 is 2.52 bits per heavy atom. The lowest BCUT2D eigenvalue weighted by atomic mass is 9.59. The quantitative estimate of drug-likeness (QED) is 0.705. The summed E-state index contributed by atoms with van der Waals surface area (Å²) >= 11 is 0. The van der Waals surface area contributed by atoms with Crippen LogP contribution in [0.2, 0.25) is 0 Å². The van der Waals surface area contributed by atoms with Crippen molar-refractivity contribution in [2.24, 2.45) is 40.2 Å². The standard InChI is InChI=1S/C25H42N2/c1-16(27(5)6)20-10-11-22-19-8-9-21-18(7-12-23(26)24(21,2)3)15-17(19)13-14-25(20,22)4/h13,15-16,19-23H,7-12,14,26H2,1-6H3/t16-,19+,20+,21+,22-,23-,25+/m0/s1. The lowest BCUT2D eigenvalue weighted by Gasteiger charge is -2.47. The molecule has 2 N–H and O–H groups in total. The molecule has 2 nitrogen and oxygen atoms in total. The third-order valence-corrected chi connectivity index (χ3v) is 9.73. The maximum Gasteiger partial charge on any atom is 0.00990 e. The molecule has 0 radical (unpaired) electrons. The summed E-state index contributed by atoms with van der Waals surface area (Å²) in [6.45, 7) is 9.92. The molecule has 2 heteroatoms. The van der Waals surface area contributed by atoms with Crippen LogP contribution in [0.1, 0.15) is 72.6 Å². The monoisotopic (exact) mass is 370 g/mol. The predicted octanol–water partition coefficient (Wildman–Crippen LogP) is 5.40. The minimum Gasteiger partial charge on any atom is -0.327 e. The van der Waals surface area contributed by atoms with Crippen molar-refractivity contribution in [1.29, 1.82) is 0 Å². The number of hydrogen-bond acceptors (Lipinski definition) is 2. The molecule has 0 aromatic carbocycles. The van der Waals surface area contributed by atoms with Crippen LogP contribution in [0.25, 0.3) is 0 Å². The Morgan fingerprint density at radius 1 is 1.07 bits per heavy atom. The van der Waals surface area contributed by atoms with E-state index < -0.39 is 0 Å². The van der Waals surface area contributed by atoms with Gasteiger partial charge in [0.2, 0.25) is 0 Å². The van der Waals surface area contributed by atoms with Crippen molar-refractivity contribution >= 4 is 0 Å². The SMILES string of the molecule is C[C@@H]([C@H]1CC[C@H]2[C@@H]3CC[C@@H]4C(=CC3=CC[C@]12C)CC[C@H](N)C4(C)C)N(C)C. The van der Waals surface area contributed by atoms with Crippen LogP contribution in [0.15, 0.2) is 23.3 Å². The summed E-state index contributed by atoms with van der Waals surface area (Å²) in [5.41, 5.74) is 10.7. The molecule has 2 saturated carbocycles. The highest BCUT2D eigenvalue weighted by atomic mass is 15.1. The molecular formula is C25H42N2. The van der Waals surface area contributed by atoms with Gasteiger partial charge in [0.05, 0.1) is 0 Å². The lowest BCUT2D eigenvalue weighted by Crippen LogP contribution is -2.46. The summed E-state index contributed by atoms with van der Waals surface area (Å²) in [7, 11) is 4.52. The predicted molar refractivity (Wildman–Crippen MR) is 115 cm³/mol. The van der Waals surface area contributed by atoms with E-state index in [2.05, 4.69) is 58.8 Å². The van der Waals surface area contributed by atoms with E-state index in [9.17, 15) is 0 Å². The molecule has 2 fully saturated rings. The molecule has 152 valence electrons. The Balaban J connectivity index is 1.64. The Hall–Kier alpha value is -0.600. The van der Waals surface area contributed by atoms with E-state index in [1.807, 2.05) is 0 Å². The molecule has 0 aromatic rings. The normalized spacial score (nSPS) is 44.5. The van der Waals surface area contributed by atoms with Gasteiger partial charge in [-0.3, -0.25) is 0 Å². The first-order valence-corrected chi connectivity index (χ1v) is 11.5. The smallest absolute Gasteiger partial charge is 0.00990 e. The largest absolute Gasteiger partial charge is 0.327 e. The molecule has 0 aliphatic heterocycles. The summed E-state index contributed by atoms with van der Waals surface area (Å²) in [5.74, 6) is 3.18. The first-order valence-electron chi connectivity index (χ1n) is 11.5. The van der Waals surface area contributed by atoms with Crippen LogP contribution in [0.4, 0.5) is 0 Å². The third kappa shape index (κ3) is 2.97. The molecule has 7 atom stereocenters. The first kappa shape index (κ1) is 19.7. The first-order chi connectivity index (χ1) is 12.7. The van der Waals surface area contributed by atoms with Crippen molar-refractivity contribution in [3.8, 4) is 0 Å². The molecule has 4 aliphatic rings. The van der Waals surface area contributed by atoms with Gasteiger partial charge in [-0.2, -0.15) is 0 Å². The van der Waals surface area contributed by atoms with Gasteiger partial charge in [0.1, 0.15) is 0 Å². The maximum absolute atomic E-state index is 6.56. The number of rotatable bonds is 2. The van der Waals surface area contributed by atoms with E-state index in [1.54, 1.807) is 11.1 Å². The fourth-order valence-corrected chi connectivity index (χ4v) is 7.56. The van der Waals surface area contributed by atoms with Crippen molar-refractivity contribution in [2.45, 2.75) is 84.7 Å². The molecule has 4 aliphatic carbocycles. The Bertz CT molecular complexity index is 643. The van der Waals surface area contributed by atoms with Gasteiger partial charge in [-0.25, -0.2) is 0 Å². The maximum atomic E-state index is 6.56. The van der Waals surface area contributed by atoms with Crippen LogP contribution >= 0.6 is 0 Å². The highest BCUT2D eigenvalue weighted by Crippen LogP contribution is 2.61. The second-order valence-corrected chi connectivity index (χ2v) is 11.3. The Morgan fingerprint density at radius 2 is 1.81 bits per heavy atom. The summed E-state index contributed by atoms with van der Waals surface area (Å²) in [6, 6.07) is 1.04. The van der Waals surface area contributed by atoms with E-state index in [-0.39, 0.29) is 5.41 Å². The van der Waals surface area contributed by atoms with Gasteiger partial charge in [-0.05, 0) is 106 Å². The summed E-state index contributed by atoms with van der Waals surface area (Å²) in [4.78, 5) is 2.45. The van der Waals surface area contributed by atoms with Crippen LogP contribution in [-0.2, 0) is 0 Å². The Kier molecular flexibility index (Phi) is 4.91. The van der Waals surface area contributed by atoms with E-state index in [4.69, 9.17) is 5.73 Å². The van der Waals surface area contributed by atoms with Gasteiger partial charge in [-0.1, -0.05) is 38.5 Å². The number of nitrogens with two attached hydrogens (primary N) is 1. The summed E-state index contributed by atoms with van der Waals surface area (Å²) < 4.78 is 0. The average molecular weight is 371 g/mol. The van der Waals surface area contributed by atoms with E-state index >= 15 is 0 Å². The minimum absolute atomic E-state index is 0.249. The molecule has 0 heterocycles. The van der Waals surface area contributed by atoms with E-state index in [1.165, 1.54) is 38.5 Å². The highest BCUT2D eigenvalue weighted by molar-refractivity contribution is 5.35. The second-order valence-electron chi connectivity index (χ2n) is 11.3. The van der Waals surface area contributed by atoms with Crippen molar-refractivity contribution in [1.82, 2.24) is 4.90 Å². The molecular weight excluding hydrogens is 328 g/mol. The van der Waals surface area contributed by atoms with Crippen LogP contribution < -0.4 is 5.73 Å². The zero-order chi connectivity index (χ0) is 19.6. The van der Waals surface area contributed by atoms with E-state index in [0.717, 1.165) is 24.2 Å². The molecule has 0 spiro atoms. The van der Waals surface area contributed by atoms with Crippen LogP contribution in [0, 0.1) is 34.5 Å². The van der Waals surface area contributed by atoms with E-state index in [0.29, 0.717) is 23.4 Å². The van der Waals surface area contributed by atoms with Crippen LogP contribution in [-0.4, -0.2) is 31.1 Å². The van der Waals surface area contributed by atoms with Crippen molar-refractivity contribution in [3.05, 3.63) is 23.3 Å². The number of hydrogen-bond donors (Lipinski definition) is 1. The van der Waals surface area contributed by atoms with Gasteiger partial charge >= 0.3 is 0 Å². The topological polar surface area (TPSA) is 29.3 Å². The molecule has 4 rings (SSSR count). The van der Waals surface area contributed by atoms with Gasteiger partial charge in [0, 0.05) is 12.1 Å². The number of allylic oxidation sites excluding steroid dienone is 4. The second kappa shape index (κ2) is 6.73. The lowest BCUT2D eigenvalue weighted by molar-refractivity contribution is 0.0589. The van der Waals surface area contributed by atoms with Crippen LogP contribution in [0.3, 0.4) is 0 Å². The summed E-state index contributed by atoms with van der Waals surface area (Å²) in [5, 5.41) is 0. The average Bonchev–Trinajstić information content (AvgIpc) is 2.83. The van der Waals surface area contributed by atoms with Gasteiger partial charge in [0.15, 0.2) is 0 Å². The number of nitrogens with zero attached hydrogens (tertiary/aromatic N) is 1. The highest BCUT2D eigenvalue weighted by Gasteiger charge is 2.54. The molecule has 27 heavy (non-hydrogen) atoms. The molecule has 0 saturated heterocycles.